The normalized spacial score (nSPS) is 11.7. The molecule has 59 heavy (non-hydrogen) atoms. The van der Waals surface area contributed by atoms with Gasteiger partial charge in [-0.15, -0.1) is 0 Å². The van der Waals surface area contributed by atoms with E-state index < -0.39 is 0 Å². The van der Waals surface area contributed by atoms with Gasteiger partial charge in [-0.25, -0.2) is 15.0 Å². The van der Waals surface area contributed by atoms with Gasteiger partial charge in [0, 0.05) is 56.0 Å². The molecule has 6 heteroatoms. The van der Waals surface area contributed by atoms with E-state index in [9.17, 15) is 0 Å². The van der Waals surface area contributed by atoms with Gasteiger partial charge < -0.3 is 13.5 Å². The second-order valence-electron chi connectivity index (χ2n) is 14.9. The van der Waals surface area contributed by atoms with Gasteiger partial charge in [-0.05, 0) is 60.2 Å². The average molecular weight is 755 g/mol. The van der Waals surface area contributed by atoms with Crippen molar-refractivity contribution in [1.29, 1.82) is 0 Å². The first-order chi connectivity index (χ1) is 29.3. The van der Waals surface area contributed by atoms with E-state index in [-0.39, 0.29) is 0 Å². The van der Waals surface area contributed by atoms with E-state index >= 15 is 0 Å². The molecule has 0 spiro atoms. The lowest BCUT2D eigenvalue weighted by atomic mass is 10.0. The molecule has 12 rings (SSSR count). The van der Waals surface area contributed by atoms with Crippen LogP contribution in [0.25, 0.3) is 106 Å². The first kappa shape index (κ1) is 33.1. The highest BCUT2D eigenvalue weighted by Gasteiger charge is 2.24. The summed E-state index contributed by atoms with van der Waals surface area (Å²) in [4.78, 5) is 15.1. The molecule has 12 aromatic rings. The van der Waals surface area contributed by atoms with Crippen molar-refractivity contribution in [3.05, 3.63) is 206 Å². The van der Waals surface area contributed by atoms with E-state index in [1.807, 2.05) is 60.7 Å². The maximum atomic E-state index is 5.09. The lowest BCUT2D eigenvalue weighted by Gasteiger charge is -2.14. The minimum Gasteiger partial charge on any atom is -0.314 e. The number of aromatic nitrogens is 6. The molecule has 5 heterocycles. The number of rotatable bonds is 6. The van der Waals surface area contributed by atoms with Crippen LogP contribution in [0, 0.1) is 0 Å². The molecule has 6 nitrogen and oxygen atoms in total. The molecule has 0 saturated heterocycles. The number of para-hydroxylation sites is 3. The summed E-state index contributed by atoms with van der Waals surface area (Å²) in [5.74, 6) is 1.90. The second-order valence-corrected chi connectivity index (χ2v) is 14.9. The predicted molar refractivity (Wildman–Crippen MR) is 241 cm³/mol. The highest BCUT2D eigenvalue weighted by atomic mass is 15.1. The van der Waals surface area contributed by atoms with E-state index in [2.05, 4.69) is 159 Å². The number of nitrogens with zero attached hydrogens (tertiary/aromatic N) is 6. The SMILES string of the molecule is c1ccc(-c2nc(-c3ccccc3)nc(-c3cccc(-c4c5c(c6ccccc6n5-c5cccc(-n6c7ccccc7c7ccccc76)c5)n5ccccc45)c3)n2)cc1. The van der Waals surface area contributed by atoms with Crippen molar-refractivity contribution in [3.8, 4) is 56.7 Å². The lowest BCUT2D eigenvalue weighted by Crippen LogP contribution is -2.00. The van der Waals surface area contributed by atoms with E-state index in [1.54, 1.807) is 0 Å². The van der Waals surface area contributed by atoms with Crippen LogP contribution in [0.3, 0.4) is 0 Å². The average Bonchev–Trinajstić information content (AvgIpc) is 3.95. The minimum absolute atomic E-state index is 0.624. The van der Waals surface area contributed by atoms with E-state index in [1.165, 1.54) is 27.2 Å². The number of pyridine rings is 1. The molecular weight excluding hydrogens is 721 g/mol. The molecule has 0 saturated carbocycles. The summed E-state index contributed by atoms with van der Waals surface area (Å²) in [6, 6.07) is 70.5. The number of hydrogen-bond acceptors (Lipinski definition) is 3. The molecule has 0 aliphatic carbocycles. The zero-order valence-electron chi connectivity index (χ0n) is 31.8. The molecule has 0 radical (unpaired) electrons. The zero-order chi connectivity index (χ0) is 38.9. The van der Waals surface area contributed by atoms with Crippen molar-refractivity contribution in [2.24, 2.45) is 0 Å². The molecule has 7 aromatic carbocycles. The third kappa shape index (κ3) is 5.24. The van der Waals surface area contributed by atoms with Crippen LogP contribution in [0.15, 0.2) is 206 Å². The Morgan fingerprint density at radius 3 is 1.41 bits per heavy atom. The molecule has 0 amide bonds. The second kappa shape index (κ2) is 13.3. The fourth-order valence-corrected chi connectivity index (χ4v) is 8.94. The van der Waals surface area contributed by atoms with Crippen LogP contribution in [0.2, 0.25) is 0 Å². The van der Waals surface area contributed by atoms with Crippen LogP contribution < -0.4 is 0 Å². The summed E-state index contributed by atoms with van der Waals surface area (Å²) < 4.78 is 7.18. The zero-order valence-corrected chi connectivity index (χ0v) is 31.8. The van der Waals surface area contributed by atoms with Crippen molar-refractivity contribution < 1.29 is 0 Å². The van der Waals surface area contributed by atoms with Gasteiger partial charge in [-0.1, -0.05) is 146 Å². The molecule has 0 unspecified atom stereocenters. The summed E-state index contributed by atoms with van der Waals surface area (Å²) in [5, 5.41) is 3.67. The number of fused-ring (bicyclic) bond motifs is 8. The van der Waals surface area contributed by atoms with Crippen LogP contribution in [0.5, 0.6) is 0 Å². The number of benzene rings is 7. The smallest absolute Gasteiger partial charge is 0.164 e. The maximum absolute atomic E-state index is 5.09. The Balaban J connectivity index is 1.10. The van der Waals surface area contributed by atoms with Crippen LogP contribution >= 0.6 is 0 Å². The summed E-state index contributed by atoms with van der Waals surface area (Å²) in [5.41, 5.74) is 14.1. The monoisotopic (exact) mass is 754 g/mol. The van der Waals surface area contributed by atoms with Crippen LogP contribution in [0.4, 0.5) is 0 Å². The van der Waals surface area contributed by atoms with Gasteiger partial charge in [0.1, 0.15) is 0 Å². The minimum atomic E-state index is 0.624. The molecule has 0 bridgehead atoms. The summed E-state index contributed by atoms with van der Waals surface area (Å²) in [6.45, 7) is 0. The molecular formula is C53H34N6. The number of hydrogen-bond donors (Lipinski definition) is 0. The highest BCUT2D eigenvalue weighted by Crippen LogP contribution is 2.43. The fraction of sp³-hybridized carbons (Fsp3) is 0. The van der Waals surface area contributed by atoms with Crippen molar-refractivity contribution in [2.75, 3.05) is 0 Å². The topological polar surface area (TPSA) is 52.9 Å². The van der Waals surface area contributed by atoms with Gasteiger partial charge in [0.2, 0.25) is 0 Å². The van der Waals surface area contributed by atoms with Gasteiger partial charge in [-0.3, -0.25) is 0 Å². The van der Waals surface area contributed by atoms with Gasteiger partial charge in [0.05, 0.1) is 33.1 Å². The predicted octanol–water partition coefficient (Wildman–Crippen LogP) is 13.0. The van der Waals surface area contributed by atoms with Gasteiger partial charge in [0.25, 0.3) is 0 Å². The molecule has 276 valence electrons. The van der Waals surface area contributed by atoms with Crippen LogP contribution in [-0.4, -0.2) is 28.5 Å². The van der Waals surface area contributed by atoms with Crippen LogP contribution in [-0.2, 0) is 0 Å². The Bertz CT molecular complexity index is 3450. The Labute approximate surface area is 339 Å². The van der Waals surface area contributed by atoms with Crippen molar-refractivity contribution in [2.45, 2.75) is 0 Å². The Morgan fingerprint density at radius 1 is 0.305 bits per heavy atom. The lowest BCUT2D eigenvalue weighted by molar-refractivity contribution is 1.07. The highest BCUT2D eigenvalue weighted by molar-refractivity contribution is 6.17. The van der Waals surface area contributed by atoms with Crippen molar-refractivity contribution in [3.63, 3.8) is 0 Å². The fourth-order valence-electron chi connectivity index (χ4n) is 8.94. The van der Waals surface area contributed by atoms with E-state index in [4.69, 9.17) is 15.0 Å². The summed E-state index contributed by atoms with van der Waals surface area (Å²) >= 11 is 0. The maximum Gasteiger partial charge on any atom is 0.164 e. The molecule has 5 aromatic heterocycles. The summed E-state index contributed by atoms with van der Waals surface area (Å²) in [6.07, 6.45) is 2.18. The van der Waals surface area contributed by atoms with E-state index in [0.29, 0.717) is 17.5 Å². The molecule has 0 atom stereocenters. The molecule has 0 N–H and O–H groups in total. The quantitative estimate of drug-likeness (QED) is 0.170. The largest absolute Gasteiger partial charge is 0.314 e. The summed E-state index contributed by atoms with van der Waals surface area (Å²) in [7, 11) is 0. The molecule has 0 aliphatic heterocycles. The first-order valence-electron chi connectivity index (χ1n) is 19.9. The Hall–Kier alpha value is -8.09. The standard InChI is InChI=1S/C53H34N6/c1-3-17-35(18-4-1)51-54-52(36-19-5-2-6-20-36)56-53(55-51)38-22-15-21-37(33-38)48-47-31-13-14-32-57(47)49-43-27-9-12-30-46(43)59(50(48)49)40-24-16-23-39(34-40)58-44-28-10-7-25-41(44)42-26-8-11-29-45(42)58/h1-34H. The van der Waals surface area contributed by atoms with Crippen LogP contribution in [0.1, 0.15) is 0 Å². The third-order valence-corrected chi connectivity index (χ3v) is 11.5. The van der Waals surface area contributed by atoms with Gasteiger partial charge >= 0.3 is 0 Å². The first-order valence-corrected chi connectivity index (χ1v) is 19.9. The van der Waals surface area contributed by atoms with Crippen molar-refractivity contribution >= 4 is 49.3 Å². The Kier molecular flexibility index (Phi) is 7.43. The Morgan fingerprint density at radius 2 is 0.763 bits per heavy atom. The molecule has 0 aliphatic rings. The van der Waals surface area contributed by atoms with E-state index in [0.717, 1.165) is 61.3 Å². The van der Waals surface area contributed by atoms with Gasteiger partial charge in [0.15, 0.2) is 17.5 Å². The van der Waals surface area contributed by atoms with Gasteiger partial charge in [-0.2, -0.15) is 0 Å². The van der Waals surface area contributed by atoms with Crippen molar-refractivity contribution in [1.82, 2.24) is 28.5 Å². The third-order valence-electron chi connectivity index (χ3n) is 11.5. The molecule has 0 fully saturated rings.